The second-order valence-electron chi connectivity index (χ2n) is 13.1. The van der Waals surface area contributed by atoms with Crippen molar-refractivity contribution in [1.82, 2.24) is 0 Å². The fourth-order valence-electron chi connectivity index (χ4n) is 5.50. The number of carbonyl (C=O) groups is 4. The summed E-state index contributed by atoms with van der Waals surface area (Å²) in [5.74, 6) is -8.87. The smallest absolute Gasteiger partial charge is 0.423 e. The molecule has 0 saturated heterocycles. The van der Waals surface area contributed by atoms with Gasteiger partial charge in [-0.3, -0.25) is 9.59 Å². The van der Waals surface area contributed by atoms with Gasteiger partial charge in [0, 0.05) is 18.0 Å². The molecule has 0 radical (unpaired) electrons. The molecule has 0 fully saturated rings. The zero-order chi connectivity index (χ0) is 44.4. The van der Waals surface area contributed by atoms with E-state index in [-0.39, 0.29) is 29.0 Å². The van der Waals surface area contributed by atoms with E-state index in [0.717, 1.165) is 60.7 Å². The summed E-state index contributed by atoms with van der Waals surface area (Å²) in [6, 6.07) is 26.0. The third kappa shape index (κ3) is 13.9. The van der Waals surface area contributed by atoms with Crippen LogP contribution in [0.15, 0.2) is 133 Å². The van der Waals surface area contributed by atoms with Gasteiger partial charge in [0.25, 0.3) is 0 Å². The maximum absolute atomic E-state index is 13.3. The van der Waals surface area contributed by atoms with Gasteiger partial charge in [-0.15, -0.1) is 26.3 Å². The third-order valence-electron chi connectivity index (χ3n) is 8.56. The van der Waals surface area contributed by atoms with Gasteiger partial charge in [-0.05, 0) is 120 Å². The monoisotopic (exact) mass is 849 g/mol. The summed E-state index contributed by atoms with van der Waals surface area (Å²) in [5.41, 5.74) is 7.71. The van der Waals surface area contributed by atoms with Crippen molar-refractivity contribution < 1.29 is 74.7 Å². The van der Waals surface area contributed by atoms with Crippen molar-refractivity contribution in [2.24, 2.45) is 5.92 Å². The zero-order valence-corrected chi connectivity index (χ0v) is 31.4. The molecule has 61 heavy (non-hydrogen) atoms. The number of carbonyl (C=O) groups excluding carboxylic acids is 4. The Bertz CT molecular complexity index is 2370. The molecule has 0 saturated carbocycles. The lowest BCUT2D eigenvalue weighted by Crippen LogP contribution is -2.46. The van der Waals surface area contributed by atoms with Gasteiger partial charge in [0.05, 0.1) is 11.1 Å². The van der Waals surface area contributed by atoms with E-state index in [1.807, 2.05) is 0 Å². The number of aliphatic hydroxyl groups is 2. The van der Waals surface area contributed by atoms with Gasteiger partial charge in [-0.1, -0.05) is 48.6 Å². The number of hydrogen-bond acceptors (Lipinski definition) is 11. The van der Waals surface area contributed by atoms with Gasteiger partial charge < -0.3 is 34.9 Å². The SMILES string of the molecule is Nc1ccc(CC(CC(=O)/C=C/c2ccc(C(=O)Oc3ccc(OC(F)(F)F)cc3)cc2)C(O)(O)C(=O)/C=C/c2ccc(C(=O)Oc3ccc(OC(F)(F)F)cc3)cc2)cc1. The molecule has 0 spiro atoms. The number of halogens is 6. The average molecular weight is 850 g/mol. The van der Waals surface area contributed by atoms with Crippen LogP contribution in [0.25, 0.3) is 12.2 Å². The first-order chi connectivity index (χ1) is 28.7. The van der Waals surface area contributed by atoms with Crippen LogP contribution in [0.1, 0.15) is 43.8 Å². The summed E-state index contributed by atoms with van der Waals surface area (Å²) in [4.78, 5) is 51.6. The maximum atomic E-state index is 13.3. The quantitative estimate of drug-likeness (QED) is 0.0218. The highest BCUT2D eigenvalue weighted by Crippen LogP contribution is 2.29. The molecule has 0 aliphatic carbocycles. The van der Waals surface area contributed by atoms with Crippen molar-refractivity contribution in [3.8, 4) is 23.0 Å². The van der Waals surface area contributed by atoms with E-state index < -0.39 is 65.9 Å². The molecule has 0 amide bonds. The van der Waals surface area contributed by atoms with Gasteiger partial charge in [-0.25, -0.2) is 9.59 Å². The minimum Gasteiger partial charge on any atom is -0.423 e. The molecule has 0 aromatic heterocycles. The van der Waals surface area contributed by atoms with Crippen LogP contribution in [-0.4, -0.2) is 52.2 Å². The summed E-state index contributed by atoms with van der Waals surface area (Å²) in [7, 11) is 0. The third-order valence-corrected chi connectivity index (χ3v) is 8.56. The Kier molecular flexibility index (Phi) is 14.1. The number of nitrogen functional groups attached to an aromatic ring is 1. The molecule has 0 aliphatic rings. The maximum Gasteiger partial charge on any atom is 0.573 e. The molecule has 5 aromatic carbocycles. The van der Waals surface area contributed by atoms with Crippen LogP contribution in [-0.2, 0) is 16.0 Å². The van der Waals surface area contributed by atoms with Gasteiger partial charge in [0.1, 0.15) is 23.0 Å². The fraction of sp³-hybridized carbons (Fsp3) is 0.136. The first-order valence-corrected chi connectivity index (χ1v) is 17.8. The average Bonchev–Trinajstić information content (AvgIpc) is 3.20. The second kappa shape index (κ2) is 19.2. The predicted octanol–water partition coefficient (Wildman–Crippen LogP) is 8.30. The lowest BCUT2D eigenvalue weighted by molar-refractivity contribution is -0.275. The zero-order valence-electron chi connectivity index (χ0n) is 31.4. The number of rotatable bonds is 16. The van der Waals surface area contributed by atoms with Crippen LogP contribution in [0, 0.1) is 5.92 Å². The van der Waals surface area contributed by atoms with E-state index in [2.05, 4.69) is 9.47 Å². The summed E-state index contributed by atoms with van der Waals surface area (Å²) in [5, 5.41) is 22.4. The van der Waals surface area contributed by atoms with Gasteiger partial charge in [-0.2, -0.15) is 0 Å². The lowest BCUT2D eigenvalue weighted by atomic mass is 9.84. The predicted molar refractivity (Wildman–Crippen MR) is 207 cm³/mol. The molecule has 4 N–H and O–H groups in total. The Hall–Kier alpha value is -7.24. The summed E-state index contributed by atoms with van der Waals surface area (Å²) < 4.78 is 92.3. The second-order valence-corrected chi connectivity index (χ2v) is 13.1. The van der Waals surface area contributed by atoms with Crippen molar-refractivity contribution in [3.63, 3.8) is 0 Å². The van der Waals surface area contributed by atoms with Crippen molar-refractivity contribution in [2.75, 3.05) is 5.73 Å². The van der Waals surface area contributed by atoms with Crippen LogP contribution in [0.3, 0.4) is 0 Å². The number of esters is 2. The highest BCUT2D eigenvalue weighted by Gasteiger charge is 2.41. The number of hydrogen-bond donors (Lipinski definition) is 3. The fourth-order valence-corrected chi connectivity index (χ4v) is 5.50. The summed E-state index contributed by atoms with van der Waals surface area (Å²) in [6.07, 6.45) is -5.69. The molecule has 0 bridgehead atoms. The van der Waals surface area contributed by atoms with Gasteiger partial charge >= 0.3 is 24.7 Å². The first-order valence-electron chi connectivity index (χ1n) is 17.8. The molecule has 316 valence electrons. The van der Waals surface area contributed by atoms with Crippen LogP contribution in [0.2, 0.25) is 0 Å². The highest BCUT2D eigenvalue weighted by molar-refractivity contribution is 6.00. The van der Waals surface area contributed by atoms with Crippen LogP contribution < -0.4 is 24.7 Å². The molecule has 1 unspecified atom stereocenters. The number of alkyl halides is 6. The topological polar surface area (TPSA) is 172 Å². The molecule has 5 rings (SSSR count). The molecular formula is C44H33F6NO10. The molecule has 0 aliphatic heterocycles. The Morgan fingerprint density at radius 1 is 0.557 bits per heavy atom. The lowest BCUT2D eigenvalue weighted by Gasteiger charge is -2.28. The largest absolute Gasteiger partial charge is 0.573 e. The van der Waals surface area contributed by atoms with Crippen molar-refractivity contribution in [1.29, 1.82) is 0 Å². The van der Waals surface area contributed by atoms with E-state index >= 15 is 0 Å². The number of anilines is 1. The van der Waals surface area contributed by atoms with Crippen molar-refractivity contribution >= 4 is 41.3 Å². The molecule has 17 heteroatoms. The first kappa shape index (κ1) is 44.9. The molecule has 5 aromatic rings. The Morgan fingerprint density at radius 3 is 1.36 bits per heavy atom. The van der Waals surface area contributed by atoms with Crippen LogP contribution in [0.5, 0.6) is 23.0 Å². The van der Waals surface area contributed by atoms with Gasteiger partial charge in [0.2, 0.25) is 11.6 Å². The Morgan fingerprint density at radius 2 is 0.951 bits per heavy atom. The Labute approximate surface area is 342 Å². The van der Waals surface area contributed by atoms with Crippen LogP contribution >= 0.6 is 0 Å². The summed E-state index contributed by atoms with van der Waals surface area (Å²) >= 11 is 0. The molecular weight excluding hydrogens is 816 g/mol. The van der Waals surface area contributed by atoms with Crippen molar-refractivity contribution in [2.45, 2.75) is 31.4 Å². The normalized spacial score (nSPS) is 12.5. The molecule has 11 nitrogen and oxygen atoms in total. The van der Waals surface area contributed by atoms with E-state index in [1.54, 1.807) is 24.3 Å². The number of ketones is 2. The summed E-state index contributed by atoms with van der Waals surface area (Å²) in [6.45, 7) is 0. The van der Waals surface area contributed by atoms with E-state index in [9.17, 15) is 55.7 Å². The number of nitrogens with two attached hydrogens (primary N) is 1. The van der Waals surface area contributed by atoms with E-state index in [1.165, 1.54) is 60.7 Å². The number of allylic oxidation sites excluding steroid dienone is 1. The van der Waals surface area contributed by atoms with Crippen molar-refractivity contribution in [3.05, 3.63) is 161 Å². The van der Waals surface area contributed by atoms with Gasteiger partial charge in [0.15, 0.2) is 5.78 Å². The minimum atomic E-state index is -4.89. The molecule has 0 heterocycles. The number of ether oxygens (including phenoxy) is 4. The highest BCUT2D eigenvalue weighted by atomic mass is 19.4. The standard InChI is InChI=1S/C44H33F6NO10/c45-43(46,47)60-37-20-16-35(17-21-37)58-40(54)30-9-1-27(2-10-30)7-15-34(52)26-32(25-29-5-13-33(51)14-6-29)42(56,57)39(53)24-8-28-3-11-31(12-4-28)41(55)59-36-18-22-38(23-19-36)61-44(48,49)50/h1-24,32,56-57H,25-26,51H2/b15-7+,24-8+. The Balaban J connectivity index is 1.20. The molecule has 1 atom stereocenters. The van der Waals surface area contributed by atoms with E-state index in [0.29, 0.717) is 22.4 Å². The van der Waals surface area contributed by atoms with E-state index in [4.69, 9.17) is 15.2 Å². The minimum absolute atomic E-state index is 0.0357. The number of benzene rings is 5. The van der Waals surface area contributed by atoms with Crippen LogP contribution in [0.4, 0.5) is 32.0 Å².